The molecular formula is C11H10F3NO3. The molecule has 0 saturated heterocycles. The molecule has 0 heterocycles. The van der Waals surface area contributed by atoms with Crippen molar-refractivity contribution in [3.05, 3.63) is 35.1 Å². The summed E-state index contributed by atoms with van der Waals surface area (Å²) < 4.78 is 43.3. The maximum Gasteiger partial charge on any atom is 0.330 e. The van der Waals surface area contributed by atoms with Gasteiger partial charge in [0.25, 0.3) is 0 Å². The van der Waals surface area contributed by atoms with Crippen molar-refractivity contribution >= 4 is 11.9 Å². The molecule has 0 spiro atoms. The second-order valence-corrected chi connectivity index (χ2v) is 3.57. The third-order valence-corrected chi connectivity index (χ3v) is 2.08. The van der Waals surface area contributed by atoms with E-state index < -0.39 is 47.4 Å². The Bertz CT molecular complexity index is 467. The second-order valence-electron chi connectivity index (χ2n) is 3.57. The molecule has 7 heteroatoms. The lowest BCUT2D eigenvalue weighted by Crippen LogP contribution is -2.35. The predicted molar refractivity (Wildman–Crippen MR) is 54.8 cm³/mol. The van der Waals surface area contributed by atoms with E-state index >= 15 is 0 Å². The van der Waals surface area contributed by atoms with E-state index in [1.807, 2.05) is 0 Å². The number of carbonyl (C=O) groups is 2. The zero-order chi connectivity index (χ0) is 13.9. The lowest BCUT2D eigenvalue weighted by atomic mass is 10.1. The minimum Gasteiger partial charge on any atom is -0.392 e. The van der Waals surface area contributed by atoms with E-state index in [1.165, 1.54) is 0 Å². The third-order valence-electron chi connectivity index (χ3n) is 2.08. The van der Waals surface area contributed by atoms with Gasteiger partial charge < -0.3 is 10.5 Å². The van der Waals surface area contributed by atoms with Crippen molar-refractivity contribution in [2.45, 2.75) is 19.4 Å². The Hall–Kier alpha value is -1.89. The Morgan fingerprint density at radius 1 is 1.28 bits per heavy atom. The summed E-state index contributed by atoms with van der Waals surface area (Å²) >= 11 is 0. The van der Waals surface area contributed by atoms with Crippen molar-refractivity contribution in [3.63, 3.8) is 0 Å². The molecule has 0 fully saturated rings. The Labute approximate surface area is 101 Å². The van der Waals surface area contributed by atoms with Crippen LogP contribution in [0.5, 0.6) is 0 Å². The average molecular weight is 261 g/mol. The van der Waals surface area contributed by atoms with E-state index in [-0.39, 0.29) is 0 Å². The summed E-state index contributed by atoms with van der Waals surface area (Å²) in [5.74, 6) is -5.37. The molecule has 0 radical (unpaired) electrons. The molecule has 0 saturated carbocycles. The van der Waals surface area contributed by atoms with Gasteiger partial charge in [0.15, 0.2) is 0 Å². The van der Waals surface area contributed by atoms with Crippen LogP contribution in [-0.2, 0) is 20.7 Å². The van der Waals surface area contributed by atoms with Gasteiger partial charge in [0, 0.05) is 31.0 Å². The number of esters is 2. The largest absolute Gasteiger partial charge is 0.392 e. The van der Waals surface area contributed by atoms with Crippen LogP contribution in [0.2, 0.25) is 0 Å². The van der Waals surface area contributed by atoms with E-state index in [2.05, 4.69) is 4.74 Å². The van der Waals surface area contributed by atoms with Gasteiger partial charge >= 0.3 is 11.9 Å². The Kier molecular flexibility index (Phi) is 4.43. The average Bonchev–Trinajstić information content (AvgIpc) is 2.21. The van der Waals surface area contributed by atoms with Crippen LogP contribution >= 0.6 is 0 Å². The fourth-order valence-corrected chi connectivity index (χ4v) is 1.29. The van der Waals surface area contributed by atoms with Gasteiger partial charge in [-0.2, -0.15) is 0 Å². The number of hydrogen-bond donors (Lipinski definition) is 1. The topological polar surface area (TPSA) is 69.4 Å². The highest BCUT2D eigenvalue weighted by atomic mass is 19.1. The number of halogens is 3. The highest BCUT2D eigenvalue weighted by molar-refractivity contribution is 5.87. The standard InChI is InChI=1S/C11H10F3NO3/c1-5(16)18-11(17)10(15)4-7-8(13)2-6(12)3-9(7)14/h2-3,10H,4,15H2,1H3/t10-/m0/s1. The fraction of sp³-hybridized carbons (Fsp3) is 0.273. The van der Waals surface area contributed by atoms with E-state index in [4.69, 9.17) is 5.73 Å². The zero-order valence-corrected chi connectivity index (χ0v) is 9.38. The first-order valence-electron chi connectivity index (χ1n) is 4.92. The van der Waals surface area contributed by atoms with Crippen LogP contribution in [0.15, 0.2) is 12.1 Å². The molecule has 0 unspecified atom stereocenters. The summed E-state index contributed by atoms with van der Waals surface area (Å²) in [4.78, 5) is 21.7. The summed E-state index contributed by atoms with van der Waals surface area (Å²) in [7, 11) is 0. The fourth-order valence-electron chi connectivity index (χ4n) is 1.29. The molecule has 0 amide bonds. The molecule has 18 heavy (non-hydrogen) atoms. The van der Waals surface area contributed by atoms with Gasteiger partial charge in [0.05, 0.1) is 0 Å². The SMILES string of the molecule is CC(=O)OC(=O)[C@@H](N)Cc1c(F)cc(F)cc1F. The number of ether oxygens (including phenoxy) is 1. The quantitative estimate of drug-likeness (QED) is 0.652. The Morgan fingerprint density at radius 2 is 1.78 bits per heavy atom. The van der Waals surface area contributed by atoms with Gasteiger partial charge in [0.2, 0.25) is 0 Å². The van der Waals surface area contributed by atoms with Crippen LogP contribution in [0.3, 0.4) is 0 Å². The molecule has 98 valence electrons. The first-order chi connectivity index (χ1) is 8.31. The van der Waals surface area contributed by atoms with Crippen molar-refractivity contribution in [2.75, 3.05) is 0 Å². The number of rotatable bonds is 3. The molecule has 0 aromatic heterocycles. The monoisotopic (exact) mass is 261 g/mol. The van der Waals surface area contributed by atoms with Crippen LogP contribution in [0, 0.1) is 17.5 Å². The first kappa shape index (κ1) is 14.2. The normalized spacial score (nSPS) is 12.1. The molecule has 4 nitrogen and oxygen atoms in total. The summed E-state index contributed by atoms with van der Waals surface area (Å²) in [5.41, 5.74) is 4.78. The van der Waals surface area contributed by atoms with Gasteiger partial charge in [0.1, 0.15) is 23.5 Å². The van der Waals surface area contributed by atoms with Crippen molar-refractivity contribution in [3.8, 4) is 0 Å². The second kappa shape index (κ2) is 5.63. The Morgan fingerprint density at radius 3 is 2.22 bits per heavy atom. The molecule has 1 aromatic carbocycles. The van der Waals surface area contributed by atoms with E-state index in [1.54, 1.807) is 0 Å². The number of benzene rings is 1. The van der Waals surface area contributed by atoms with E-state index in [0.717, 1.165) is 6.92 Å². The van der Waals surface area contributed by atoms with Gasteiger partial charge in [-0.05, 0) is 0 Å². The van der Waals surface area contributed by atoms with Crippen molar-refractivity contribution in [1.29, 1.82) is 0 Å². The molecule has 2 N–H and O–H groups in total. The highest BCUT2D eigenvalue weighted by Gasteiger charge is 2.22. The number of hydrogen-bond acceptors (Lipinski definition) is 4. The summed E-state index contributed by atoms with van der Waals surface area (Å²) in [6.07, 6.45) is -0.538. The van der Waals surface area contributed by atoms with Crippen LogP contribution in [0.4, 0.5) is 13.2 Å². The third kappa shape index (κ3) is 3.56. The summed E-state index contributed by atoms with van der Waals surface area (Å²) in [6, 6.07) is -0.466. The van der Waals surface area contributed by atoms with E-state index in [0.29, 0.717) is 12.1 Å². The minimum absolute atomic E-state index is 0.474. The van der Waals surface area contributed by atoms with Gasteiger partial charge in [-0.1, -0.05) is 0 Å². The molecule has 0 bridgehead atoms. The lowest BCUT2D eigenvalue weighted by Gasteiger charge is -2.11. The number of carbonyl (C=O) groups excluding carboxylic acids is 2. The lowest BCUT2D eigenvalue weighted by molar-refractivity contribution is -0.159. The summed E-state index contributed by atoms with van der Waals surface area (Å²) in [5, 5.41) is 0. The van der Waals surface area contributed by atoms with Gasteiger partial charge in [-0.3, -0.25) is 4.79 Å². The minimum atomic E-state index is -1.41. The first-order valence-corrected chi connectivity index (χ1v) is 4.92. The van der Waals surface area contributed by atoms with Crippen molar-refractivity contribution in [1.82, 2.24) is 0 Å². The highest BCUT2D eigenvalue weighted by Crippen LogP contribution is 2.16. The number of nitrogens with two attached hydrogens (primary N) is 1. The smallest absolute Gasteiger partial charge is 0.330 e. The van der Waals surface area contributed by atoms with Gasteiger partial charge in [-0.25, -0.2) is 18.0 Å². The van der Waals surface area contributed by atoms with Crippen molar-refractivity contribution < 1.29 is 27.5 Å². The maximum absolute atomic E-state index is 13.2. The molecule has 0 aliphatic rings. The van der Waals surface area contributed by atoms with Crippen molar-refractivity contribution in [2.24, 2.45) is 5.73 Å². The molecule has 1 atom stereocenters. The molecule has 0 aliphatic heterocycles. The van der Waals surface area contributed by atoms with E-state index in [9.17, 15) is 22.8 Å². The van der Waals surface area contributed by atoms with Crippen LogP contribution in [0.1, 0.15) is 12.5 Å². The molecule has 0 aliphatic carbocycles. The maximum atomic E-state index is 13.2. The van der Waals surface area contributed by atoms with Gasteiger partial charge in [-0.15, -0.1) is 0 Å². The van der Waals surface area contributed by atoms with Crippen LogP contribution < -0.4 is 5.73 Å². The zero-order valence-electron chi connectivity index (χ0n) is 9.38. The molecule has 1 aromatic rings. The molecular weight excluding hydrogens is 251 g/mol. The van der Waals surface area contributed by atoms with Crippen LogP contribution in [-0.4, -0.2) is 18.0 Å². The molecule has 1 rings (SSSR count). The van der Waals surface area contributed by atoms with Crippen LogP contribution in [0.25, 0.3) is 0 Å². The Balaban J connectivity index is 2.85. The summed E-state index contributed by atoms with van der Waals surface area (Å²) in [6.45, 7) is 0.990. The predicted octanol–water partition coefficient (Wildman–Crippen LogP) is 1.06.